The maximum atomic E-state index is 13.7. The van der Waals surface area contributed by atoms with Gasteiger partial charge in [-0.05, 0) is 57.4 Å². The van der Waals surface area contributed by atoms with Crippen LogP contribution in [0.15, 0.2) is 12.1 Å². The summed E-state index contributed by atoms with van der Waals surface area (Å²) in [6, 6.07) is 3.77. The van der Waals surface area contributed by atoms with Crippen molar-refractivity contribution in [2.75, 3.05) is 7.05 Å². The first-order valence-electron chi connectivity index (χ1n) is 7.02. The average molecular weight is 319 g/mol. The Labute approximate surface area is 130 Å². The van der Waals surface area contributed by atoms with Crippen LogP contribution in [0.4, 0.5) is 4.39 Å². The minimum absolute atomic E-state index is 0.0496. The van der Waals surface area contributed by atoms with E-state index in [1.54, 1.807) is 0 Å². The van der Waals surface area contributed by atoms with Crippen LogP contribution in [-0.2, 0) is 0 Å². The molecular formula is C15H21Cl2FN2. The highest BCUT2D eigenvalue weighted by molar-refractivity contribution is 6.35. The van der Waals surface area contributed by atoms with Crippen LogP contribution in [0.5, 0.6) is 0 Å². The fourth-order valence-electron chi connectivity index (χ4n) is 2.90. The standard InChI is InChI=1S/C15H21Cl2FN2/c1-9(12-7-15(18)14(17)8-13(12)16)20(2)11-5-3-10(19)4-6-11/h7-11H,3-6,19H2,1-2H3. The third-order valence-corrected chi connectivity index (χ3v) is 5.03. The van der Waals surface area contributed by atoms with Crippen LogP contribution >= 0.6 is 23.2 Å². The Morgan fingerprint density at radius 3 is 2.40 bits per heavy atom. The van der Waals surface area contributed by atoms with Crippen molar-refractivity contribution >= 4 is 23.2 Å². The SMILES string of the molecule is CC(c1cc(F)c(Cl)cc1Cl)N(C)C1CCC(N)CC1. The molecule has 112 valence electrons. The first-order valence-corrected chi connectivity index (χ1v) is 7.77. The van der Waals surface area contributed by atoms with Gasteiger partial charge in [0.15, 0.2) is 0 Å². The Morgan fingerprint density at radius 1 is 1.20 bits per heavy atom. The lowest BCUT2D eigenvalue weighted by Crippen LogP contribution is -2.40. The summed E-state index contributed by atoms with van der Waals surface area (Å²) in [6.45, 7) is 2.04. The molecule has 1 fully saturated rings. The highest BCUT2D eigenvalue weighted by atomic mass is 35.5. The average Bonchev–Trinajstić information content (AvgIpc) is 2.42. The molecule has 1 aromatic rings. The molecule has 1 aliphatic rings. The second kappa shape index (κ2) is 6.61. The van der Waals surface area contributed by atoms with Crippen molar-refractivity contribution in [1.29, 1.82) is 0 Å². The molecule has 2 nitrogen and oxygen atoms in total. The normalized spacial score (nSPS) is 24.9. The Balaban J connectivity index is 2.14. The zero-order valence-corrected chi connectivity index (χ0v) is 13.4. The number of nitrogens with zero attached hydrogens (tertiary/aromatic N) is 1. The molecule has 2 N–H and O–H groups in total. The van der Waals surface area contributed by atoms with Crippen LogP contribution in [-0.4, -0.2) is 24.0 Å². The lowest BCUT2D eigenvalue weighted by Gasteiger charge is -2.37. The highest BCUT2D eigenvalue weighted by Crippen LogP contribution is 2.34. The molecule has 0 amide bonds. The smallest absolute Gasteiger partial charge is 0.142 e. The Kier molecular flexibility index (Phi) is 5.30. The Bertz CT molecular complexity index is 473. The predicted octanol–water partition coefficient (Wildman–Crippen LogP) is 4.40. The molecule has 0 spiro atoms. The van der Waals surface area contributed by atoms with Gasteiger partial charge in [0.05, 0.1) is 5.02 Å². The fraction of sp³-hybridized carbons (Fsp3) is 0.600. The second-order valence-corrected chi connectivity index (χ2v) is 6.51. The minimum atomic E-state index is -0.419. The van der Waals surface area contributed by atoms with E-state index >= 15 is 0 Å². The van der Waals surface area contributed by atoms with Crippen LogP contribution < -0.4 is 5.73 Å². The van der Waals surface area contributed by atoms with Gasteiger partial charge in [-0.2, -0.15) is 0 Å². The van der Waals surface area contributed by atoms with E-state index in [0.717, 1.165) is 31.2 Å². The number of benzene rings is 1. The molecule has 0 saturated heterocycles. The topological polar surface area (TPSA) is 29.3 Å². The van der Waals surface area contributed by atoms with Crippen molar-refractivity contribution in [3.05, 3.63) is 33.6 Å². The summed E-state index contributed by atoms with van der Waals surface area (Å²) in [6.07, 6.45) is 4.25. The molecule has 0 heterocycles. The molecule has 1 atom stereocenters. The zero-order chi connectivity index (χ0) is 14.9. The maximum absolute atomic E-state index is 13.7. The van der Waals surface area contributed by atoms with E-state index in [9.17, 15) is 4.39 Å². The molecule has 1 unspecified atom stereocenters. The first-order chi connectivity index (χ1) is 9.40. The van der Waals surface area contributed by atoms with Gasteiger partial charge in [0, 0.05) is 23.1 Å². The van der Waals surface area contributed by atoms with Gasteiger partial charge in [0.2, 0.25) is 0 Å². The molecular weight excluding hydrogens is 298 g/mol. The molecule has 0 radical (unpaired) electrons. The van der Waals surface area contributed by atoms with E-state index in [-0.39, 0.29) is 11.1 Å². The summed E-state index contributed by atoms with van der Waals surface area (Å²) < 4.78 is 13.7. The summed E-state index contributed by atoms with van der Waals surface area (Å²) in [7, 11) is 2.06. The predicted molar refractivity (Wildman–Crippen MR) is 82.8 cm³/mol. The van der Waals surface area contributed by atoms with Crippen molar-refractivity contribution in [3.63, 3.8) is 0 Å². The van der Waals surface area contributed by atoms with Gasteiger partial charge in [0.25, 0.3) is 0 Å². The van der Waals surface area contributed by atoms with Gasteiger partial charge in [-0.1, -0.05) is 23.2 Å². The van der Waals surface area contributed by atoms with Gasteiger partial charge in [-0.3, -0.25) is 4.90 Å². The molecule has 2 rings (SSSR count). The minimum Gasteiger partial charge on any atom is -0.328 e. The number of rotatable bonds is 3. The quantitative estimate of drug-likeness (QED) is 0.837. The van der Waals surface area contributed by atoms with E-state index in [1.807, 2.05) is 6.92 Å². The monoisotopic (exact) mass is 318 g/mol. The number of hydrogen-bond acceptors (Lipinski definition) is 2. The van der Waals surface area contributed by atoms with Crippen LogP contribution in [0.1, 0.15) is 44.2 Å². The summed E-state index contributed by atoms with van der Waals surface area (Å²) in [4.78, 5) is 2.26. The number of hydrogen-bond donors (Lipinski definition) is 1. The maximum Gasteiger partial charge on any atom is 0.142 e. The first kappa shape index (κ1) is 16.0. The third kappa shape index (κ3) is 3.45. The summed E-state index contributed by atoms with van der Waals surface area (Å²) >= 11 is 12.0. The molecule has 1 aliphatic carbocycles. The van der Waals surface area contributed by atoms with Gasteiger partial charge >= 0.3 is 0 Å². The van der Waals surface area contributed by atoms with Crippen LogP contribution in [0.25, 0.3) is 0 Å². The molecule has 5 heteroatoms. The van der Waals surface area contributed by atoms with Gasteiger partial charge < -0.3 is 5.73 Å². The number of nitrogens with two attached hydrogens (primary N) is 1. The van der Waals surface area contributed by atoms with Crippen LogP contribution in [0.3, 0.4) is 0 Å². The molecule has 1 saturated carbocycles. The van der Waals surface area contributed by atoms with E-state index in [0.29, 0.717) is 17.1 Å². The molecule has 0 aliphatic heterocycles. The summed E-state index contributed by atoms with van der Waals surface area (Å²) in [5.41, 5.74) is 6.72. The van der Waals surface area contributed by atoms with Gasteiger partial charge in [0.1, 0.15) is 5.82 Å². The van der Waals surface area contributed by atoms with Gasteiger partial charge in [-0.15, -0.1) is 0 Å². The lowest BCUT2D eigenvalue weighted by molar-refractivity contribution is 0.140. The molecule has 0 aromatic heterocycles. The van der Waals surface area contributed by atoms with Crippen molar-refractivity contribution in [2.45, 2.75) is 50.7 Å². The second-order valence-electron chi connectivity index (χ2n) is 5.70. The highest BCUT2D eigenvalue weighted by Gasteiger charge is 2.26. The molecule has 1 aromatic carbocycles. The van der Waals surface area contributed by atoms with E-state index < -0.39 is 5.82 Å². The van der Waals surface area contributed by atoms with Crippen molar-refractivity contribution in [1.82, 2.24) is 4.90 Å². The van der Waals surface area contributed by atoms with Crippen LogP contribution in [0.2, 0.25) is 10.0 Å². The lowest BCUT2D eigenvalue weighted by atomic mass is 9.89. The van der Waals surface area contributed by atoms with Crippen molar-refractivity contribution < 1.29 is 4.39 Å². The number of halogens is 3. The molecule has 0 bridgehead atoms. The summed E-state index contributed by atoms with van der Waals surface area (Å²) in [5, 5.41) is 0.584. The van der Waals surface area contributed by atoms with E-state index in [4.69, 9.17) is 28.9 Å². The van der Waals surface area contributed by atoms with Crippen LogP contribution in [0, 0.1) is 5.82 Å². The van der Waals surface area contributed by atoms with Gasteiger partial charge in [-0.25, -0.2) is 4.39 Å². The Morgan fingerprint density at radius 2 is 1.80 bits per heavy atom. The third-order valence-electron chi connectivity index (χ3n) is 4.42. The van der Waals surface area contributed by atoms with Crippen molar-refractivity contribution in [2.24, 2.45) is 5.73 Å². The summed E-state index contributed by atoms with van der Waals surface area (Å²) in [5.74, 6) is -0.419. The Hall–Kier alpha value is -0.350. The van der Waals surface area contributed by atoms with Crippen molar-refractivity contribution in [3.8, 4) is 0 Å². The van der Waals surface area contributed by atoms with E-state index in [2.05, 4.69) is 11.9 Å². The largest absolute Gasteiger partial charge is 0.328 e. The van der Waals surface area contributed by atoms with E-state index in [1.165, 1.54) is 12.1 Å². The fourth-order valence-corrected chi connectivity index (χ4v) is 3.44. The molecule has 20 heavy (non-hydrogen) atoms. The zero-order valence-electron chi connectivity index (χ0n) is 11.9.